The number of carbonyl (C=O) groups is 1. The molecular formula is C19H18Cl2N4O3. The molecule has 1 aromatic carbocycles. The van der Waals surface area contributed by atoms with Crippen LogP contribution in [0.5, 0.6) is 0 Å². The third-order valence-electron chi connectivity index (χ3n) is 4.34. The minimum atomic E-state index is -0.636. The molecule has 0 radical (unpaired) electrons. The Kier molecular flexibility index (Phi) is 6.31. The average molecular weight is 421 g/mol. The van der Waals surface area contributed by atoms with E-state index in [-0.39, 0.29) is 24.1 Å². The summed E-state index contributed by atoms with van der Waals surface area (Å²) in [5.41, 5.74) is 3.04. The lowest BCUT2D eigenvalue weighted by Gasteiger charge is -2.17. The Morgan fingerprint density at radius 3 is 2.68 bits per heavy atom. The van der Waals surface area contributed by atoms with Gasteiger partial charge < -0.3 is 20.5 Å². The number of aliphatic hydroxyl groups excluding tert-OH is 2. The van der Waals surface area contributed by atoms with Gasteiger partial charge in [0.15, 0.2) is 0 Å². The number of aliphatic hydroxyl groups is 2. The Bertz CT molecular complexity index is 1010. The van der Waals surface area contributed by atoms with Crippen LogP contribution in [0.25, 0.3) is 11.3 Å². The summed E-state index contributed by atoms with van der Waals surface area (Å²) in [6.45, 7) is 1.12. The highest BCUT2D eigenvalue weighted by Gasteiger charge is 2.23. The van der Waals surface area contributed by atoms with Crippen LogP contribution in [0.15, 0.2) is 36.7 Å². The molecule has 7 nitrogen and oxygen atoms in total. The first-order valence-corrected chi connectivity index (χ1v) is 9.17. The van der Waals surface area contributed by atoms with Crippen molar-refractivity contribution in [2.45, 2.75) is 19.6 Å². The number of nitrogens with zero attached hydrogens (tertiary/aromatic N) is 2. The van der Waals surface area contributed by atoms with Gasteiger partial charge in [-0.3, -0.25) is 4.79 Å². The average Bonchev–Trinajstić information content (AvgIpc) is 3.02. The Labute approximate surface area is 171 Å². The number of amides is 1. The summed E-state index contributed by atoms with van der Waals surface area (Å²) < 4.78 is 0. The lowest BCUT2D eigenvalue weighted by atomic mass is 10.0. The van der Waals surface area contributed by atoms with Crippen molar-refractivity contribution in [3.63, 3.8) is 0 Å². The smallest absolute Gasteiger partial charge is 0.268 e. The number of hydrogen-bond donors (Lipinski definition) is 4. The van der Waals surface area contributed by atoms with Crippen molar-refractivity contribution in [1.82, 2.24) is 20.3 Å². The number of rotatable bonds is 6. The second-order valence-corrected chi connectivity index (χ2v) is 6.95. The highest BCUT2D eigenvalue weighted by molar-refractivity contribution is 6.30. The number of carbonyl (C=O) groups excluding carboxylic acids is 1. The normalized spacial score (nSPS) is 12.0. The number of aromatic nitrogens is 3. The maximum absolute atomic E-state index is 12.8. The quantitative estimate of drug-likeness (QED) is 0.458. The second-order valence-electron chi connectivity index (χ2n) is 6.13. The third-order valence-corrected chi connectivity index (χ3v) is 4.78. The van der Waals surface area contributed by atoms with Gasteiger partial charge in [-0.2, -0.15) is 0 Å². The topological polar surface area (TPSA) is 111 Å². The number of H-pyrrole nitrogens is 1. The van der Waals surface area contributed by atoms with Crippen LogP contribution in [-0.2, 0) is 6.61 Å². The maximum atomic E-state index is 12.8. The highest BCUT2D eigenvalue weighted by Crippen LogP contribution is 2.30. The molecule has 0 aliphatic heterocycles. The molecule has 0 saturated carbocycles. The van der Waals surface area contributed by atoms with E-state index in [4.69, 9.17) is 23.2 Å². The lowest BCUT2D eigenvalue weighted by molar-refractivity contribution is 0.0911. The molecule has 9 heteroatoms. The van der Waals surface area contributed by atoms with Crippen molar-refractivity contribution in [2.75, 3.05) is 6.61 Å². The van der Waals surface area contributed by atoms with Crippen LogP contribution in [0.2, 0.25) is 10.2 Å². The highest BCUT2D eigenvalue weighted by atomic mass is 35.5. The van der Waals surface area contributed by atoms with Gasteiger partial charge >= 0.3 is 0 Å². The fourth-order valence-corrected chi connectivity index (χ4v) is 3.35. The van der Waals surface area contributed by atoms with E-state index in [2.05, 4.69) is 20.3 Å². The molecule has 146 valence electrons. The Hall–Kier alpha value is -2.45. The van der Waals surface area contributed by atoms with Crippen molar-refractivity contribution < 1.29 is 15.0 Å². The SMILES string of the molecule is Cc1c(C(=O)N[C@H](CO)c2cccc(Cl)c2)[nH]c(CO)c1-c1cc(Cl)ncn1. The molecule has 0 saturated heterocycles. The summed E-state index contributed by atoms with van der Waals surface area (Å²) in [6, 6.07) is 7.82. The first-order valence-electron chi connectivity index (χ1n) is 8.42. The number of benzene rings is 1. The van der Waals surface area contributed by atoms with E-state index in [0.717, 1.165) is 0 Å². The van der Waals surface area contributed by atoms with Gasteiger partial charge in [0.25, 0.3) is 5.91 Å². The van der Waals surface area contributed by atoms with Crippen LogP contribution >= 0.6 is 23.2 Å². The van der Waals surface area contributed by atoms with Crippen molar-refractivity contribution in [3.05, 3.63) is 69.3 Å². The first kappa shape index (κ1) is 20.3. The van der Waals surface area contributed by atoms with Crippen molar-refractivity contribution in [3.8, 4) is 11.3 Å². The van der Waals surface area contributed by atoms with E-state index < -0.39 is 11.9 Å². The Morgan fingerprint density at radius 2 is 2.04 bits per heavy atom. The molecular weight excluding hydrogens is 403 g/mol. The van der Waals surface area contributed by atoms with E-state index in [9.17, 15) is 15.0 Å². The lowest BCUT2D eigenvalue weighted by Crippen LogP contribution is -2.31. The number of hydrogen-bond acceptors (Lipinski definition) is 5. The molecule has 3 rings (SSSR count). The number of aromatic amines is 1. The molecule has 4 N–H and O–H groups in total. The summed E-state index contributed by atoms with van der Waals surface area (Å²) >= 11 is 11.9. The van der Waals surface area contributed by atoms with Gasteiger partial charge in [0.2, 0.25) is 0 Å². The van der Waals surface area contributed by atoms with E-state index >= 15 is 0 Å². The summed E-state index contributed by atoms with van der Waals surface area (Å²) in [5.74, 6) is -0.433. The molecule has 1 amide bonds. The monoisotopic (exact) mass is 420 g/mol. The predicted molar refractivity (Wildman–Crippen MR) is 106 cm³/mol. The predicted octanol–water partition coefficient (Wildman–Crippen LogP) is 3.04. The fraction of sp³-hybridized carbons (Fsp3) is 0.211. The van der Waals surface area contributed by atoms with Crippen LogP contribution in [-0.4, -0.2) is 37.7 Å². The minimum absolute atomic E-state index is 0.252. The van der Waals surface area contributed by atoms with Gasteiger partial charge in [0.1, 0.15) is 17.2 Å². The molecule has 1 atom stereocenters. The van der Waals surface area contributed by atoms with Crippen LogP contribution in [0.1, 0.15) is 33.4 Å². The van der Waals surface area contributed by atoms with Crippen LogP contribution < -0.4 is 5.32 Å². The molecule has 2 aromatic heterocycles. The second kappa shape index (κ2) is 8.70. The van der Waals surface area contributed by atoms with Crippen molar-refractivity contribution in [1.29, 1.82) is 0 Å². The molecule has 0 unspecified atom stereocenters. The standard InChI is InChI=1S/C19H18Cl2N4O3/c1-10-17(13-6-16(21)23-9-22-13)15(8-27)24-18(10)19(28)25-14(7-26)11-3-2-4-12(20)5-11/h2-6,9,14,24,26-27H,7-8H2,1H3,(H,25,28)/t14-/m1/s1. The molecule has 0 spiro atoms. The Morgan fingerprint density at radius 1 is 1.25 bits per heavy atom. The summed E-state index contributed by atoms with van der Waals surface area (Å²) in [5, 5.41) is 23.0. The van der Waals surface area contributed by atoms with Gasteiger partial charge in [-0.05, 0) is 30.2 Å². The maximum Gasteiger partial charge on any atom is 0.268 e. The number of nitrogens with one attached hydrogen (secondary N) is 2. The van der Waals surface area contributed by atoms with E-state index in [1.165, 1.54) is 6.33 Å². The molecule has 2 heterocycles. The molecule has 0 fully saturated rings. The van der Waals surface area contributed by atoms with Crippen LogP contribution in [0.4, 0.5) is 0 Å². The van der Waals surface area contributed by atoms with Crippen LogP contribution in [0.3, 0.4) is 0 Å². The first-order chi connectivity index (χ1) is 13.4. The van der Waals surface area contributed by atoms with Crippen molar-refractivity contribution >= 4 is 29.1 Å². The minimum Gasteiger partial charge on any atom is -0.394 e. The van der Waals surface area contributed by atoms with Gasteiger partial charge in [0.05, 0.1) is 30.6 Å². The van der Waals surface area contributed by atoms with Gasteiger partial charge in [-0.25, -0.2) is 9.97 Å². The molecule has 0 aliphatic carbocycles. The zero-order valence-electron chi connectivity index (χ0n) is 14.9. The van der Waals surface area contributed by atoms with Crippen LogP contribution in [0, 0.1) is 6.92 Å². The van der Waals surface area contributed by atoms with Gasteiger partial charge in [-0.15, -0.1) is 0 Å². The summed E-state index contributed by atoms with van der Waals surface area (Å²) in [7, 11) is 0. The van der Waals surface area contributed by atoms with E-state index in [1.807, 2.05) is 0 Å². The summed E-state index contributed by atoms with van der Waals surface area (Å²) in [6.07, 6.45) is 1.31. The van der Waals surface area contributed by atoms with Crippen molar-refractivity contribution in [2.24, 2.45) is 0 Å². The number of halogens is 2. The third kappa shape index (κ3) is 4.18. The fourth-order valence-electron chi connectivity index (χ4n) is 3.01. The molecule has 0 aliphatic rings. The van der Waals surface area contributed by atoms with E-state index in [0.29, 0.717) is 33.1 Å². The molecule has 3 aromatic rings. The largest absolute Gasteiger partial charge is 0.394 e. The van der Waals surface area contributed by atoms with Gasteiger partial charge in [0, 0.05) is 16.7 Å². The zero-order valence-corrected chi connectivity index (χ0v) is 16.4. The molecule has 28 heavy (non-hydrogen) atoms. The van der Waals surface area contributed by atoms with E-state index in [1.54, 1.807) is 37.3 Å². The summed E-state index contributed by atoms with van der Waals surface area (Å²) in [4.78, 5) is 23.8. The molecule has 0 bridgehead atoms. The van der Waals surface area contributed by atoms with Gasteiger partial charge in [-0.1, -0.05) is 35.3 Å². The zero-order chi connectivity index (χ0) is 20.3. The Balaban J connectivity index is 1.94.